The zero-order chi connectivity index (χ0) is 19.3. The molecule has 1 heterocycles. The van der Waals surface area contributed by atoms with E-state index in [4.69, 9.17) is 11.6 Å². The Hall–Kier alpha value is -2.96. The number of aromatic nitrogens is 2. The molecule has 0 radical (unpaired) electrons. The zero-order valence-corrected chi connectivity index (χ0v) is 15.4. The van der Waals surface area contributed by atoms with E-state index in [0.717, 1.165) is 0 Å². The molecule has 3 aromatic rings. The molecule has 3 rings (SSSR count). The molecule has 2 aromatic carbocycles. The first-order valence-electron chi connectivity index (χ1n) is 8.36. The highest BCUT2D eigenvalue weighted by atomic mass is 35.5. The summed E-state index contributed by atoms with van der Waals surface area (Å²) in [5, 5.41) is 24.9. The second-order valence-electron chi connectivity index (χ2n) is 6.26. The Morgan fingerprint density at radius 2 is 1.85 bits per heavy atom. The molecule has 27 heavy (non-hydrogen) atoms. The summed E-state index contributed by atoms with van der Waals surface area (Å²) in [6.07, 6.45) is 0. The minimum Gasteiger partial charge on any atom is -0.384 e. The van der Waals surface area contributed by atoms with E-state index < -0.39 is 5.60 Å². The maximum atomic E-state index is 12.2. The van der Waals surface area contributed by atoms with E-state index in [2.05, 4.69) is 20.8 Å². The van der Waals surface area contributed by atoms with E-state index in [1.807, 2.05) is 18.2 Å². The van der Waals surface area contributed by atoms with Crippen molar-refractivity contribution < 1.29 is 9.90 Å². The number of carbonyl (C=O) groups is 1. The minimum absolute atomic E-state index is 0.200. The third kappa shape index (κ3) is 5.03. The number of halogens is 1. The van der Waals surface area contributed by atoms with Crippen molar-refractivity contribution in [1.29, 1.82) is 0 Å². The Kier molecular flexibility index (Phi) is 5.69. The van der Waals surface area contributed by atoms with Crippen molar-refractivity contribution in [1.82, 2.24) is 10.2 Å². The summed E-state index contributed by atoms with van der Waals surface area (Å²) in [5.74, 6) is 0.111. The Labute approximate surface area is 162 Å². The highest BCUT2D eigenvalue weighted by Gasteiger charge is 2.23. The van der Waals surface area contributed by atoms with E-state index in [1.54, 1.807) is 55.5 Å². The quantitative estimate of drug-likeness (QED) is 0.605. The fourth-order valence-electron chi connectivity index (χ4n) is 2.45. The van der Waals surface area contributed by atoms with Crippen LogP contribution in [0.2, 0.25) is 5.02 Å². The van der Waals surface area contributed by atoms with Crippen LogP contribution in [0.25, 0.3) is 0 Å². The standard InChI is InChI=1S/C20H19ClN4O2/c1-20(27,14-6-5-7-15(21)12-14)13-22-18-11-10-17(24-25-18)19(26)23-16-8-3-2-4-9-16/h2-12,27H,13H2,1H3,(H,22,25)(H,23,26). The summed E-state index contributed by atoms with van der Waals surface area (Å²) >= 11 is 5.98. The molecule has 1 unspecified atom stereocenters. The Bertz CT molecular complexity index is 915. The maximum Gasteiger partial charge on any atom is 0.276 e. The number of amides is 1. The van der Waals surface area contributed by atoms with Gasteiger partial charge >= 0.3 is 0 Å². The van der Waals surface area contributed by atoms with E-state index in [-0.39, 0.29) is 18.1 Å². The zero-order valence-electron chi connectivity index (χ0n) is 14.7. The molecule has 0 aliphatic rings. The SMILES string of the molecule is CC(O)(CNc1ccc(C(=O)Nc2ccccc2)nn1)c1cccc(Cl)c1. The number of benzene rings is 2. The van der Waals surface area contributed by atoms with Crippen LogP contribution in [-0.4, -0.2) is 27.8 Å². The average Bonchev–Trinajstić information content (AvgIpc) is 2.68. The van der Waals surface area contributed by atoms with Crippen LogP contribution in [0.3, 0.4) is 0 Å². The van der Waals surface area contributed by atoms with Crippen LogP contribution in [0.1, 0.15) is 23.0 Å². The fraction of sp³-hybridized carbons (Fsp3) is 0.150. The van der Waals surface area contributed by atoms with Gasteiger partial charge in [-0.05, 0) is 48.9 Å². The van der Waals surface area contributed by atoms with Gasteiger partial charge in [0.25, 0.3) is 5.91 Å². The molecule has 1 atom stereocenters. The number of rotatable bonds is 6. The molecule has 138 valence electrons. The number of nitrogens with one attached hydrogen (secondary N) is 2. The summed E-state index contributed by atoms with van der Waals surface area (Å²) in [7, 11) is 0. The van der Waals surface area contributed by atoms with Crippen LogP contribution in [0, 0.1) is 0 Å². The summed E-state index contributed by atoms with van der Waals surface area (Å²) in [5.41, 5.74) is 0.431. The largest absolute Gasteiger partial charge is 0.384 e. The van der Waals surface area contributed by atoms with E-state index in [0.29, 0.717) is 22.1 Å². The molecule has 0 bridgehead atoms. The predicted molar refractivity (Wildman–Crippen MR) is 106 cm³/mol. The average molecular weight is 383 g/mol. The lowest BCUT2D eigenvalue weighted by Crippen LogP contribution is -2.31. The number of hydrogen-bond acceptors (Lipinski definition) is 5. The number of para-hydroxylation sites is 1. The minimum atomic E-state index is -1.14. The van der Waals surface area contributed by atoms with Gasteiger partial charge in [0, 0.05) is 17.3 Å². The van der Waals surface area contributed by atoms with Gasteiger partial charge in [0.2, 0.25) is 0 Å². The van der Waals surface area contributed by atoms with Gasteiger partial charge in [-0.2, -0.15) is 0 Å². The second-order valence-corrected chi connectivity index (χ2v) is 6.70. The van der Waals surface area contributed by atoms with Crippen molar-refractivity contribution in [2.75, 3.05) is 17.2 Å². The van der Waals surface area contributed by atoms with Crippen LogP contribution in [-0.2, 0) is 5.60 Å². The lowest BCUT2D eigenvalue weighted by molar-refractivity contribution is 0.0714. The van der Waals surface area contributed by atoms with Crippen molar-refractivity contribution in [3.63, 3.8) is 0 Å². The molecule has 0 aliphatic heterocycles. The van der Waals surface area contributed by atoms with Gasteiger partial charge in [0.1, 0.15) is 11.4 Å². The van der Waals surface area contributed by atoms with Gasteiger partial charge in [0.05, 0.1) is 0 Å². The summed E-state index contributed by atoms with van der Waals surface area (Å²) in [6, 6.07) is 19.4. The predicted octanol–water partition coefficient (Wildman–Crippen LogP) is 3.70. The third-order valence-electron chi connectivity index (χ3n) is 3.99. The summed E-state index contributed by atoms with van der Waals surface area (Å²) in [4.78, 5) is 12.2. The molecule has 0 spiro atoms. The molecular formula is C20H19ClN4O2. The van der Waals surface area contributed by atoms with Gasteiger partial charge < -0.3 is 15.7 Å². The Balaban J connectivity index is 1.61. The highest BCUT2D eigenvalue weighted by Crippen LogP contribution is 2.23. The molecule has 1 aromatic heterocycles. The number of anilines is 2. The van der Waals surface area contributed by atoms with Crippen LogP contribution >= 0.6 is 11.6 Å². The Morgan fingerprint density at radius 1 is 1.07 bits per heavy atom. The van der Waals surface area contributed by atoms with Crippen molar-refractivity contribution in [2.24, 2.45) is 0 Å². The van der Waals surface area contributed by atoms with E-state index in [1.165, 1.54) is 0 Å². The normalized spacial score (nSPS) is 12.9. The van der Waals surface area contributed by atoms with Gasteiger partial charge in [-0.25, -0.2) is 0 Å². The van der Waals surface area contributed by atoms with Gasteiger partial charge in [0.15, 0.2) is 5.69 Å². The molecule has 6 nitrogen and oxygen atoms in total. The number of hydrogen-bond donors (Lipinski definition) is 3. The van der Waals surface area contributed by atoms with E-state index in [9.17, 15) is 9.90 Å². The van der Waals surface area contributed by atoms with Crippen molar-refractivity contribution in [3.8, 4) is 0 Å². The second kappa shape index (κ2) is 8.16. The smallest absolute Gasteiger partial charge is 0.276 e. The Morgan fingerprint density at radius 3 is 2.52 bits per heavy atom. The monoisotopic (exact) mass is 382 g/mol. The molecular weight excluding hydrogens is 364 g/mol. The molecule has 3 N–H and O–H groups in total. The summed E-state index contributed by atoms with van der Waals surface area (Å²) in [6.45, 7) is 1.89. The topological polar surface area (TPSA) is 87.1 Å². The summed E-state index contributed by atoms with van der Waals surface area (Å²) < 4.78 is 0. The first kappa shape index (κ1) is 18.8. The molecule has 0 aliphatic carbocycles. The van der Waals surface area contributed by atoms with Gasteiger partial charge in [-0.3, -0.25) is 4.79 Å². The van der Waals surface area contributed by atoms with Crippen LogP contribution in [0.15, 0.2) is 66.7 Å². The highest BCUT2D eigenvalue weighted by molar-refractivity contribution is 6.30. The fourth-order valence-corrected chi connectivity index (χ4v) is 2.64. The van der Waals surface area contributed by atoms with Crippen LogP contribution in [0.5, 0.6) is 0 Å². The number of aliphatic hydroxyl groups is 1. The first-order chi connectivity index (χ1) is 12.9. The van der Waals surface area contributed by atoms with Crippen molar-refractivity contribution in [2.45, 2.75) is 12.5 Å². The first-order valence-corrected chi connectivity index (χ1v) is 8.74. The molecule has 0 saturated carbocycles. The van der Waals surface area contributed by atoms with E-state index >= 15 is 0 Å². The third-order valence-corrected chi connectivity index (χ3v) is 4.22. The van der Waals surface area contributed by atoms with Crippen molar-refractivity contribution in [3.05, 3.63) is 83.0 Å². The molecule has 0 fully saturated rings. The van der Waals surface area contributed by atoms with Crippen LogP contribution in [0.4, 0.5) is 11.5 Å². The molecule has 7 heteroatoms. The lowest BCUT2D eigenvalue weighted by atomic mass is 9.96. The van der Waals surface area contributed by atoms with Crippen LogP contribution < -0.4 is 10.6 Å². The molecule has 0 saturated heterocycles. The van der Waals surface area contributed by atoms with Crippen molar-refractivity contribution >= 4 is 29.0 Å². The lowest BCUT2D eigenvalue weighted by Gasteiger charge is -2.24. The number of carbonyl (C=O) groups excluding carboxylic acids is 1. The van der Waals surface area contributed by atoms with Gasteiger partial charge in [-0.1, -0.05) is 41.9 Å². The molecule has 1 amide bonds. The van der Waals surface area contributed by atoms with Gasteiger partial charge in [-0.15, -0.1) is 10.2 Å². The number of nitrogens with zero attached hydrogens (tertiary/aromatic N) is 2. The maximum absolute atomic E-state index is 12.2.